The SMILES string of the molecule is Cc1nc(C)c(C(=O)NCCNc2ncccc2C#N)s1. The van der Waals surface area contributed by atoms with Crippen molar-refractivity contribution < 1.29 is 4.79 Å². The van der Waals surface area contributed by atoms with Crippen LogP contribution >= 0.6 is 11.3 Å². The van der Waals surface area contributed by atoms with Crippen LogP contribution in [0, 0.1) is 25.2 Å². The molecule has 0 bridgehead atoms. The van der Waals surface area contributed by atoms with E-state index in [0.717, 1.165) is 10.7 Å². The molecule has 2 rings (SSSR count). The summed E-state index contributed by atoms with van der Waals surface area (Å²) in [4.78, 5) is 20.9. The van der Waals surface area contributed by atoms with Crippen LogP contribution in [-0.4, -0.2) is 29.0 Å². The van der Waals surface area contributed by atoms with E-state index in [1.807, 2.05) is 13.8 Å². The Kier molecular flexibility index (Phi) is 4.85. The van der Waals surface area contributed by atoms with E-state index in [1.54, 1.807) is 18.3 Å². The molecule has 0 aliphatic rings. The van der Waals surface area contributed by atoms with Gasteiger partial charge in [0.1, 0.15) is 16.8 Å². The molecule has 0 aliphatic carbocycles. The molecule has 2 aromatic rings. The quantitative estimate of drug-likeness (QED) is 0.823. The molecule has 1 amide bonds. The van der Waals surface area contributed by atoms with Crippen LogP contribution in [0.2, 0.25) is 0 Å². The van der Waals surface area contributed by atoms with Crippen LogP contribution in [0.25, 0.3) is 0 Å². The summed E-state index contributed by atoms with van der Waals surface area (Å²) < 4.78 is 0. The number of nitriles is 1. The number of anilines is 1. The first kappa shape index (κ1) is 14.9. The third-order valence-corrected chi connectivity index (χ3v) is 3.81. The Balaban J connectivity index is 1.84. The Morgan fingerprint density at radius 3 is 2.90 bits per heavy atom. The molecule has 0 atom stereocenters. The van der Waals surface area contributed by atoms with Gasteiger partial charge in [0, 0.05) is 19.3 Å². The number of nitrogens with zero attached hydrogens (tertiary/aromatic N) is 3. The van der Waals surface area contributed by atoms with Gasteiger partial charge in [-0.1, -0.05) is 0 Å². The highest BCUT2D eigenvalue weighted by atomic mass is 32.1. The number of hydrogen-bond donors (Lipinski definition) is 2. The summed E-state index contributed by atoms with van der Waals surface area (Å²) in [6.45, 7) is 4.63. The molecular weight excluding hydrogens is 286 g/mol. The van der Waals surface area contributed by atoms with Gasteiger partial charge in [-0.25, -0.2) is 9.97 Å². The number of aryl methyl sites for hydroxylation is 2. The van der Waals surface area contributed by atoms with Crippen molar-refractivity contribution in [3.8, 4) is 6.07 Å². The minimum Gasteiger partial charge on any atom is -0.367 e. The zero-order valence-electron chi connectivity index (χ0n) is 11.8. The minimum absolute atomic E-state index is 0.124. The molecule has 6 nitrogen and oxygen atoms in total. The smallest absolute Gasteiger partial charge is 0.263 e. The third kappa shape index (κ3) is 3.77. The Morgan fingerprint density at radius 2 is 2.24 bits per heavy atom. The van der Waals surface area contributed by atoms with Gasteiger partial charge in [-0.15, -0.1) is 11.3 Å². The van der Waals surface area contributed by atoms with Crippen LogP contribution in [0.5, 0.6) is 0 Å². The van der Waals surface area contributed by atoms with E-state index in [0.29, 0.717) is 29.3 Å². The van der Waals surface area contributed by atoms with Crippen LogP contribution in [0.1, 0.15) is 25.9 Å². The Morgan fingerprint density at radius 1 is 1.43 bits per heavy atom. The van der Waals surface area contributed by atoms with Gasteiger partial charge in [-0.2, -0.15) is 5.26 Å². The highest BCUT2D eigenvalue weighted by Gasteiger charge is 2.12. The average molecular weight is 301 g/mol. The van der Waals surface area contributed by atoms with E-state index in [2.05, 4.69) is 26.7 Å². The standard InChI is InChI=1S/C14H15N5OS/c1-9-12(21-10(2)19-9)14(20)18-7-6-17-13-11(8-15)4-3-5-16-13/h3-5H,6-7H2,1-2H3,(H,16,17)(H,18,20). The van der Waals surface area contributed by atoms with Gasteiger partial charge in [0.15, 0.2) is 0 Å². The van der Waals surface area contributed by atoms with E-state index in [9.17, 15) is 4.79 Å². The summed E-state index contributed by atoms with van der Waals surface area (Å²) >= 11 is 1.38. The maximum atomic E-state index is 12.0. The third-order valence-electron chi connectivity index (χ3n) is 2.74. The molecule has 0 saturated carbocycles. The summed E-state index contributed by atoms with van der Waals surface area (Å²) in [6, 6.07) is 5.46. The normalized spacial score (nSPS) is 9.95. The summed E-state index contributed by atoms with van der Waals surface area (Å²) in [7, 11) is 0. The van der Waals surface area contributed by atoms with Crippen molar-refractivity contribution in [1.82, 2.24) is 15.3 Å². The highest BCUT2D eigenvalue weighted by molar-refractivity contribution is 7.13. The van der Waals surface area contributed by atoms with Crippen molar-refractivity contribution in [2.45, 2.75) is 13.8 Å². The second kappa shape index (κ2) is 6.81. The molecule has 2 heterocycles. The molecule has 21 heavy (non-hydrogen) atoms. The average Bonchev–Trinajstić information content (AvgIpc) is 2.82. The Bertz CT molecular complexity index is 689. The number of aromatic nitrogens is 2. The molecule has 0 unspecified atom stereocenters. The maximum absolute atomic E-state index is 12.0. The van der Waals surface area contributed by atoms with Crippen molar-refractivity contribution in [3.05, 3.63) is 39.5 Å². The summed E-state index contributed by atoms with van der Waals surface area (Å²) in [5.41, 5.74) is 1.23. The van der Waals surface area contributed by atoms with Crippen molar-refractivity contribution >= 4 is 23.1 Å². The molecule has 2 N–H and O–H groups in total. The predicted octanol–water partition coefficient (Wildman–Crippen LogP) is 1.87. The Hall–Kier alpha value is -2.46. The van der Waals surface area contributed by atoms with Gasteiger partial charge < -0.3 is 10.6 Å². The molecule has 0 radical (unpaired) electrons. The highest BCUT2D eigenvalue weighted by Crippen LogP contribution is 2.16. The number of carbonyl (C=O) groups is 1. The predicted molar refractivity (Wildman–Crippen MR) is 81.4 cm³/mol. The molecule has 0 aromatic carbocycles. The van der Waals surface area contributed by atoms with E-state index >= 15 is 0 Å². The summed E-state index contributed by atoms with van der Waals surface area (Å²) in [6.07, 6.45) is 1.62. The van der Waals surface area contributed by atoms with Gasteiger partial charge in [0.05, 0.1) is 16.3 Å². The first-order valence-electron chi connectivity index (χ1n) is 6.43. The number of carbonyl (C=O) groups excluding carboxylic acids is 1. The topological polar surface area (TPSA) is 90.7 Å². The van der Waals surface area contributed by atoms with E-state index in [4.69, 9.17) is 5.26 Å². The van der Waals surface area contributed by atoms with Crippen LogP contribution in [0.15, 0.2) is 18.3 Å². The molecule has 0 spiro atoms. The van der Waals surface area contributed by atoms with E-state index in [1.165, 1.54) is 11.3 Å². The molecule has 7 heteroatoms. The number of amides is 1. The zero-order chi connectivity index (χ0) is 15.2. The maximum Gasteiger partial charge on any atom is 0.263 e. The number of thiazole rings is 1. The number of hydrogen-bond acceptors (Lipinski definition) is 6. The molecule has 108 valence electrons. The van der Waals surface area contributed by atoms with Gasteiger partial charge in [0.2, 0.25) is 0 Å². The van der Waals surface area contributed by atoms with Crippen molar-refractivity contribution in [2.24, 2.45) is 0 Å². The Labute approximate surface area is 126 Å². The first-order chi connectivity index (χ1) is 10.1. The molecule has 0 saturated heterocycles. The first-order valence-corrected chi connectivity index (χ1v) is 7.24. The largest absolute Gasteiger partial charge is 0.367 e. The van der Waals surface area contributed by atoms with Crippen molar-refractivity contribution in [3.63, 3.8) is 0 Å². The van der Waals surface area contributed by atoms with Crippen molar-refractivity contribution in [1.29, 1.82) is 5.26 Å². The van der Waals surface area contributed by atoms with Gasteiger partial charge in [0.25, 0.3) is 5.91 Å². The lowest BCUT2D eigenvalue weighted by atomic mass is 10.3. The minimum atomic E-state index is -0.124. The second-order valence-electron chi connectivity index (χ2n) is 4.34. The lowest BCUT2D eigenvalue weighted by Crippen LogP contribution is -2.28. The fourth-order valence-corrected chi connectivity index (χ4v) is 2.65. The number of pyridine rings is 1. The van der Waals surface area contributed by atoms with Crippen LogP contribution in [-0.2, 0) is 0 Å². The summed E-state index contributed by atoms with van der Waals surface area (Å²) in [5.74, 6) is 0.403. The fraction of sp³-hybridized carbons (Fsp3) is 0.286. The number of nitrogens with one attached hydrogen (secondary N) is 2. The lowest BCUT2D eigenvalue weighted by molar-refractivity contribution is 0.0958. The zero-order valence-corrected chi connectivity index (χ0v) is 12.6. The van der Waals surface area contributed by atoms with Crippen LogP contribution in [0.4, 0.5) is 5.82 Å². The molecule has 2 aromatic heterocycles. The van der Waals surface area contributed by atoms with Gasteiger partial charge in [-0.3, -0.25) is 4.79 Å². The molecule has 0 aliphatic heterocycles. The monoisotopic (exact) mass is 301 g/mol. The molecule has 0 fully saturated rings. The second-order valence-corrected chi connectivity index (χ2v) is 5.54. The van der Waals surface area contributed by atoms with E-state index in [-0.39, 0.29) is 5.91 Å². The van der Waals surface area contributed by atoms with Gasteiger partial charge in [-0.05, 0) is 26.0 Å². The van der Waals surface area contributed by atoms with Gasteiger partial charge >= 0.3 is 0 Å². The van der Waals surface area contributed by atoms with E-state index < -0.39 is 0 Å². The van der Waals surface area contributed by atoms with Crippen molar-refractivity contribution in [2.75, 3.05) is 18.4 Å². The number of rotatable bonds is 5. The summed E-state index contributed by atoms with van der Waals surface area (Å²) in [5, 5.41) is 15.7. The fourth-order valence-electron chi connectivity index (χ4n) is 1.82. The van der Waals surface area contributed by atoms with Crippen LogP contribution < -0.4 is 10.6 Å². The lowest BCUT2D eigenvalue weighted by Gasteiger charge is -2.07. The van der Waals surface area contributed by atoms with Crippen LogP contribution in [0.3, 0.4) is 0 Å². The molecular formula is C14H15N5OS.